The molecule has 0 bridgehead atoms. The van der Waals surface area contributed by atoms with Gasteiger partial charge in [-0.15, -0.1) is 10.2 Å². The molecule has 1 saturated heterocycles. The van der Waals surface area contributed by atoms with Gasteiger partial charge >= 0.3 is 0 Å². The number of hydrogen-bond acceptors (Lipinski definition) is 8. The van der Waals surface area contributed by atoms with Crippen LogP contribution in [0.2, 0.25) is 0 Å². The third-order valence-corrected chi connectivity index (χ3v) is 7.76. The second-order valence-electron chi connectivity index (χ2n) is 6.37. The molecule has 2 unspecified atom stereocenters. The van der Waals surface area contributed by atoms with E-state index in [1.54, 1.807) is 0 Å². The van der Waals surface area contributed by atoms with Gasteiger partial charge in [0, 0.05) is 18.9 Å². The summed E-state index contributed by atoms with van der Waals surface area (Å²) in [4.78, 5) is 4.03. The number of nitrogens with one attached hydrogen (secondary N) is 1. The van der Waals surface area contributed by atoms with Crippen LogP contribution in [-0.4, -0.2) is 68.4 Å². The number of fused-ring (bicyclic) bond motifs is 1. The minimum absolute atomic E-state index is 0.00567. The molecule has 2 fully saturated rings. The summed E-state index contributed by atoms with van der Waals surface area (Å²) in [5.41, 5.74) is 9.30. The Labute approximate surface area is 138 Å². The van der Waals surface area contributed by atoms with Crippen LogP contribution in [0, 0.1) is 5.92 Å². The second-order valence-corrected chi connectivity index (χ2v) is 8.76. The molecule has 0 amide bonds. The summed E-state index contributed by atoms with van der Waals surface area (Å²) in [6, 6.07) is -0.771. The number of nitrogens with zero attached hydrogens (tertiary/aromatic N) is 4. The largest absolute Gasteiger partial charge is 0.396 e. The molecule has 3 rings (SSSR count). The lowest BCUT2D eigenvalue weighted by molar-refractivity contribution is -0.0117. The van der Waals surface area contributed by atoms with Gasteiger partial charge in [0.1, 0.15) is 5.60 Å². The van der Waals surface area contributed by atoms with Crippen LogP contribution in [0.5, 0.6) is 0 Å². The summed E-state index contributed by atoms with van der Waals surface area (Å²) in [6.07, 6.45) is 0.944. The minimum atomic E-state index is -3.57. The van der Waals surface area contributed by atoms with Crippen LogP contribution >= 0.6 is 0 Å². The Balaban J connectivity index is 2.02. The van der Waals surface area contributed by atoms with Crippen LogP contribution in [0.3, 0.4) is 0 Å². The fraction of sp³-hybridized carbons (Fsp3) is 0.833. The zero-order chi connectivity index (χ0) is 17.5. The molecule has 1 saturated carbocycles. The van der Waals surface area contributed by atoms with E-state index in [4.69, 9.17) is 16.6 Å². The smallest absolute Gasteiger partial charge is 0.206 e. The number of H-pyrrole nitrogens is 1. The molecule has 1 aliphatic carbocycles. The third-order valence-electron chi connectivity index (χ3n) is 5.00. The molecule has 1 aromatic rings. The molecule has 11 nitrogen and oxygen atoms in total. The molecule has 7 N–H and O–H groups in total. The Morgan fingerprint density at radius 3 is 2.79 bits per heavy atom. The number of nitrogens with two attached hydrogens (primary N) is 2. The summed E-state index contributed by atoms with van der Waals surface area (Å²) in [7, 11) is -3.57. The molecule has 2 heterocycles. The molecule has 1 aromatic heterocycles. The topological polar surface area (TPSA) is 193 Å². The van der Waals surface area contributed by atoms with Crippen molar-refractivity contribution in [2.75, 3.05) is 6.61 Å². The van der Waals surface area contributed by atoms with Gasteiger partial charge in [0.05, 0.1) is 16.5 Å². The van der Waals surface area contributed by atoms with Crippen molar-refractivity contribution >= 4 is 15.8 Å². The van der Waals surface area contributed by atoms with Crippen molar-refractivity contribution in [3.05, 3.63) is 5.82 Å². The molecular weight excluding hydrogens is 338 g/mol. The molecule has 0 aromatic carbocycles. The van der Waals surface area contributed by atoms with Gasteiger partial charge in [0.2, 0.25) is 5.82 Å². The maximum Gasteiger partial charge on any atom is 0.206 e. The van der Waals surface area contributed by atoms with E-state index in [0.717, 1.165) is 0 Å². The fourth-order valence-electron chi connectivity index (χ4n) is 4.06. The molecule has 134 valence electrons. The summed E-state index contributed by atoms with van der Waals surface area (Å²) < 4.78 is 25.8. The SMILES string of the molecule is NC(N)=N[C@@H]1C[C@](O)(c2nn[nH]n2)C2C[C@H](CCCO)S(=O)(=O)C21. The highest BCUT2D eigenvalue weighted by Gasteiger charge is 2.65. The number of aliphatic hydroxyl groups excluding tert-OH is 1. The number of guanidine groups is 1. The van der Waals surface area contributed by atoms with Crippen LogP contribution in [0.15, 0.2) is 4.99 Å². The number of aromatic nitrogens is 4. The van der Waals surface area contributed by atoms with E-state index in [2.05, 4.69) is 25.6 Å². The van der Waals surface area contributed by atoms with Gasteiger partial charge in [0.15, 0.2) is 15.8 Å². The number of aromatic amines is 1. The molecule has 2 aliphatic rings. The quantitative estimate of drug-likeness (QED) is 0.276. The van der Waals surface area contributed by atoms with Crippen molar-refractivity contribution in [2.24, 2.45) is 22.4 Å². The van der Waals surface area contributed by atoms with Gasteiger partial charge in [0.25, 0.3) is 0 Å². The van der Waals surface area contributed by atoms with Crippen molar-refractivity contribution in [1.82, 2.24) is 20.6 Å². The van der Waals surface area contributed by atoms with Crippen molar-refractivity contribution in [2.45, 2.75) is 47.8 Å². The lowest BCUT2D eigenvalue weighted by Gasteiger charge is -2.25. The van der Waals surface area contributed by atoms with Gasteiger partial charge in [-0.25, -0.2) is 13.4 Å². The first-order valence-electron chi connectivity index (χ1n) is 7.69. The van der Waals surface area contributed by atoms with Gasteiger partial charge in [-0.1, -0.05) is 5.21 Å². The number of aliphatic hydroxyl groups is 2. The Morgan fingerprint density at radius 1 is 1.46 bits per heavy atom. The minimum Gasteiger partial charge on any atom is -0.396 e. The van der Waals surface area contributed by atoms with E-state index in [1.165, 1.54) is 0 Å². The normalized spacial score (nSPS) is 37.2. The third kappa shape index (κ3) is 2.54. The highest BCUT2D eigenvalue weighted by atomic mass is 32.2. The van der Waals surface area contributed by atoms with Crippen LogP contribution in [0.25, 0.3) is 0 Å². The Bertz CT molecular complexity index is 718. The number of aliphatic imine (C=N–C) groups is 1. The second kappa shape index (κ2) is 5.93. The van der Waals surface area contributed by atoms with E-state index < -0.39 is 37.9 Å². The van der Waals surface area contributed by atoms with Crippen molar-refractivity contribution in [1.29, 1.82) is 0 Å². The summed E-state index contributed by atoms with van der Waals surface area (Å²) in [6.45, 7) is -0.0895. The first kappa shape index (κ1) is 17.0. The zero-order valence-corrected chi connectivity index (χ0v) is 13.7. The van der Waals surface area contributed by atoms with Crippen molar-refractivity contribution in [3.8, 4) is 0 Å². The average Bonchev–Trinajstić information content (AvgIpc) is 3.16. The molecule has 0 radical (unpaired) electrons. The molecular formula is C12H21N7O4S. The average molecular weight is 359 g/mol. The van der Waals surface area contributed by atoms with Crippen LogP contribution in [-0.2, 0) is 15.4 Å². The Kier molecular flexibility index (Phi) is 4.21. The standard InChI is InChI=1S/C12H21N7O4S/c13-11(14)15-8-5-12(21,10-16-18-19-17-10)7-4-6(2-1-3-20)24(22,23)9(7)8/h6-9,20-21H,1-5H2,(H4,13,14,15)(H,16,17,18,19)/t6-,7?,8+,9?,12+/m0/s1. The van der Waals surface area contributed by atoms with E-state index in [9.17, 15) is 13.5 Å². The molecule has 24 heavy (non-hydrogen) atoms. The van der Waals surface area contributed by atoms with Crippen LogP contribution in [0.4, 0.5) is 0 Å². The lowest BCUT2D eigenvalue weighted by Crippen LogP contribution is -2.35. The monoisotopic (exact) mass is 359 g/mol. The predicted molar refractivity (Wildman–Crippen MR) is 83.2 cm³/mol. The van der Waals surface area contributed by atoms with Gasteiger partial charge in [-0.05, 0) is 19.3 Å². The van der Waals surface area contributed by atoms with E-state index in [-0.39, 0.29) is 31.2 Å². The van der Waals surface area contributed by atoms with Crippen LogP contribution in [0.1, 0.15) is 31.5 Å². The van der Waals surface area contributed by atoms with Gasteiger partial charge in [-0.3, -0.25) is 0 Å². The highest BCUT2D eigenvalue weighted by molar-refractivity contribution is 7.93. The van der Waals surface area contributed by atoms with E-state index in [0.29, 0.717) is 12.8 Å². The number of tetrazole rings is 1. The first-order valence-corrected chi connectivity index (χ1v) is 9.30. The molecule has 1 aliphatic heterocycles. The van der Waals surface area contributed by atoms with Crippen molar-refractivity contribution < 1.29 is 18.6 Å². The van der Waals surface area contributed by atoms with Gasteiger partial charge < -0.3 is 21.7 Å². The molecule has 0 spiro atoms. The number of hydrogen-bond donors (Lipinski definition) is 5. The Morgan fingerprint density at radius 2 is 2.21 bits per heavy atom. The summed E-state index contributed by atoms with van der Waals surface area (Å²) in [5.74, 6) is -0.814. The fourth-order valence-corrected chi connectivity index (χ4v) is 6.86. The number of sulfone groups is 1. The Hall–Kier alpha value is -1.79. The maximum absolute atomic E-state index is 12.9. The summed E-state index contributed by atoms with van der Waals surface area (Å²) in [5, 5.41) is 32.0. The predicted octanol–water partition coefficient (Wildman–Crippen LogP) is -2.62. The zero-order valence-electron chi connectivity index (χ0n) is 12.9. The molecule has 12 heteroatoms. The summed E-state index contributed by atoms with van der Waals surface area (Å²) >= 11 is 0. The van der Waals surface area contributed by atoms with E-state index >= 15 is 0 Å². The molecule has 5 atom stereocenters. The highest BCUT2D eigenvalue weighted by Crippen LogP contribution is 2.54. The van der Waals surface area contributed by atoms with E-state index in [1.807, 2.05) is 0 Å². The van der Waals surface area contributed by atoms with Crippen LogP contribution < -0.4 is 11.5 Å². The lowest BCUT2D eigenvalue weighted by atomic mass is 9.86. The first-order chi connectivity index (χ1) is 11.3. The number of rotatable bonds is 5. The maximum atomic E-state index is 12.9. The van der Waals surface area contributed by atoms with Gasteiger partial charge in [-0.2, -0.15) is 5.21 Å². The van der Waals surface area contributed by atoms with Crippen molar-refractivity contribution in [3.63, 3.8) is 0 Å².